The van der Waals surface area contributed by atoms with Gasteiger partial charge in [0.25, 0.3) is 0 Å². The summed E-state index contributed by atoms with van der Waals surface area (Å²) in [5, 5.41) is 10.3. The number of aliphatic hydroxyl groups is 1. The standard InChI is InChI=1S/C15H11BrF2O2/c16-11-3-4-12(17)13(14(11)18)15(19)8-1-2-9-6-20-7-10(9)5-8/h1-5,15,19H,6-7H2. The molecule has 0 saturated carbocycles. The molecule has 20 heavy (non-hydrogen) atoms. The fourth-order valence-corrected chi connectivity index (χ4v) is 2.67. The van der Waals surface area contributed by atoms with Crippen molar-refractivity contribution < 1.29 is 18.6 Å². The predicted octanol–water partition coefficient (Wildman–Crippen LogP) is 3.84. The normalized spacial score (nSPS) is 15.2. The maximum Gasteiger partial charge on any atom is 0.146 e. The van der Waals surface area contributed by atoms with E-state index >= 15 is 0 Å². The summed E-state index contributed by atoms with van der Waals surface area (Å²) >= 11 is 3.00. The fraction of sp³-hybridized carbons (Fsp3) is 0.200. The van der Waals surface area contributed by atoms with Crippen molar-refractivity contribution in [3.05, 3.63) is 68.7 Å². The highest BCUT2D eigenvalue weighted by Gasteiger charge is 2.23. The van der Waals surface area contributed by atoms with E-state index in [0.29, 0.717) is 18.8 Å². The number of ether oxygens (including phenoxy) is 1. The summed E-state index contributed by atoms with van der Waals surface area (Å²) in [6.07, 6.45) is -1.35. The van der Waals surface area contributed by atoms with E-state index in [2.05, 4.69) is 15.9 Å². The minimum Gasteiger partial charge on any atom is -0.383 e. The minimum atomic E-state index is -1.35. The van der Waals surface area contributed by atoms with Gasteiger partial charge in [0.1, 0.15) is 17.7 Å². The molecule has 1 aliphatic rings. The SMILES string of the molecule is OC(c1ccc2c(c1)COC2)c1c(F)ccc(Br)c1F. The van der Waals surface area contributed by atoms with Crippen LogP contribution < -0.4 is 0 Å². The summed E-state index contributed by atoms with van der Waals surface area (Å²) in [6.45, 7) is 0.991. The van der Waals surface area contributed by atoms with Crippen molar-refractivity contribution in [2.24, 2.45) is 0 Å². The van der Waals surface area contributed by atoms with Gasteiger partial charge in [0.15, 0.2) is 0 Å². The largest absolute Gasteiger partial charge is 0.383 e. The number of fused-ring (bicyclic) bond motifs is 1. The zero-order valence-corrected chi connectivity index (χ0v) is 12.0. The van der Waals surface area contributed by atoms with Crippen LogP contribution >= 0.6 is 15.9 Å². The lowest BCUT2D eigenvalue weighted by Gasteiger charge is -2.15. The molecule has 2 aromatic carbocycles. The lowest BCUT2D eigenvalue weighted by Crippen LogP contribution is -2.07. The van der Waals surface area contributed by atoms with Gasteiger partial charge in [-0.1, -0.05) is 18.2 Å². The number of rotatable bonds is 2. The van der Waals surface area contributed by atoms with Gasteiger partial charge in [-0.05, 0) is 44.8 Å². The highest BCUT2D eigenvalue weighted by atomic mass is 79.9. The average molecular weight is 341 g/mol. The first-order valence-electron chi connectivity index (χ1n) is 6.09. The summed E-state index contributed by atoms with van der Waals surface area (Å²) in [4.78, 5) is 0. The van der Waals surface area contributed by atoms with Crippen LogP contribution in [0, 0.1) is 11.6 Å². The van der Waals surface area contributed by atoms with Crippen molar-refractivity contribution in [1.82, 2.24) is 0 Å². The Morgan fingerprint density at radius 3 is 2.65 bits per heavy atom. The van der Waals surface area contributed by atoms with Crippen molar-refractivity contribution >= 4 is 15.9 Å². The average Bonchev–Trinajstić information content (AvgIpc) is 2.90. The van der Waals surface area contributed by atoms with Crippen LogP contribution in [0.4, 0.5) is 8.78 Å². The molecule has 0 radical (unpaired) electrons. The molecule has 1 N–H and O–H groups in total. The molecule has 2 aromatic rings. The summed E-state index contributed by atoms with van der Waals surface area (Å²) < 4.78 is 33.2. The number of benzene rings is 2. The monoisotopic (exact) mass is 340 g/mol. The van der Waals surface area contributed by atoms with Crippen molar-refractivity contribution in [3.8, 4) is 0 Å². The molecule has 0 saturated heterocycles. The Hall–Kier alpha value is -1.30. The molecule has 3 rings (SSSR count). The Balaban J connectivity index is 2.05. The van der Waals surface area contributed by atoms with Crippen molar-refractivity contribution in [1.29, 1.82) is 0 Å². The van der Waals surface area contributed by atoms with Crippen LogP contribution in [0.25, 0.3) is 0 Å². The highest BCUT2D eigenvalue weighted by Crippen LogP contribution is 2.32. The van der Waals surface area contributed by atoms with Crippen LogP contribution in [0.15, 0.2) is 34.8 Å². The Morgan fingerprint density at radius 2 is 1.85 bits per heavy atom. The molecule has 1 heterocycles. The molecule has 0 aromatic heterocycles. The molecular weight excluding hydrogens is 330 g/mol. The molecule has 0 bridgehead atoms. The minimum absolute atomic E-state index is 0.123. The molecule has 1 aliphatic heterocycles. The van der Waals surface area contributed by atoms with E-state index in [1.165, 1.54) is 6.07 Å². The van der Waals surface area contributed by atoms with E-state index in [1.807, 2.05) is 6.07 Å². The van der Waals surface area contributed by atoms with Gasteiger partial charge in [0.2, 0.25) is 0 Å². The molecule has 2 nitrogen and oxygen atoms in total. The number of aliphatic hydroxyl groups excluding tert-OH is 1. The third kappa shape index (κ3) is 2.26. The van der Waals surface area contributed by atoms with Crippen molar-refractivity contribution in [2.75, 3.05) is 0 Å². The molecular formula is C15H11BrF2O2. The van der Waals surface area contributed by atoms with Crippen LogP contribution in [0.5, 0.6) is 0 Å². The molecule has 0 fully saturated rings. The summed E-state index contributed by atoms with van der Waals surface area (Å²) in [5.74, 6) is -1.55. The quantitative estimate of drug-likeness (QED) is 0.841. The van der Waals surface area contributed by atoms with E-state index in [4.69, 9.17) is 4.74 Å². The van der Waals surface area contributed by atoms with Gasteiger partial charge in [0, 0.05) is 0 Å². The van der Waals surface area contributed by atoms with Gasteiger partial charge in [0.05, 0.1) is 23.2 Å². The summed E-state index contributed by atoms with van der Waals surface area (Å²) in [6, 6.07) is 7.61. The van der Waals surface area contributed by atoms with Crippen LogP contribution in [0.2, 0.25) is 0 Å². The zero-order chi connectivity index (χ0) is 14.3. The van der Waals surface area contributed by atoms with Gasteiger partial charge >= 0.3 is 0 Å². The number of hydrogen-bond acceptors (Lipinski definition) is 2. The topological polar surface area (TPSA) is 29.5 Å². The van der Waals surface area contributed by atoms with E-state index in [1.54, 1.807) is 12.1 Å². The van der Waals surface area contributed by atoms with Gasteiger partial charge < -0.3 is 9.84 Å². The maximum absolute atomic E-state index is 14.0. The van der Waals surface area contributed by atoms with Gasteiger partial charge in [-0.15, -0.1) is 0 Å². The molecule has 1 unspecified atom stereocenters. The molecule has 0 aliphatic carbocycles. The smallest absolute Gasteiger partial charge is 0.146 e. The Morgan fingerprint density at radius 1 is 1.10 bits per heavy atom. The Labute approximate surface area is 123 Å². The molecule has 5 heteroatoms. The van der Waals surface area contributed by atoms with Crippen LogP contribution in [-0.2, 0) is 18.0 Å². The van der Waals surface area contributed by atoms with E-state index in [9.17, 15) is 13.9 Å². The zero-order valence-electron chi connectivity index (χ0n) is 10.4. The second-order valence-electron chi connectivity index (χ2n) is 4.68. The second kappa shape index (κ2) is 5.24. The first kappa shape index (κ1) is 13.7. The van der Waals surface area contributed by atoms with Crippen molar-refractivity contribution in [3.63, 3.8) is 0 Å². The number of hydrogen-bond donors (Lipinski definition) is 1. The molecule has 104 valence electrons. The maximum atomic E-state index is 14.0. The Bertz CT molecular complexity index is 673. The van der Waals surface area contributed by atoms with E-state index in [0.717, 1.165) is 17.2 Å². The van der Waals surface area contributed by atoms with Crippen LogP contribution in [0.1, 0.15) is 28.4 Å². The van der Waals surface area contributed by atoms with E-state index in [-0.39, 0.29) is 10.0 Å². The summed E-state index contributed by atoms with van der Waals surface area (Å²) in [7, 11) is 0. The molecule has 0 amide bonds. The van der Waals surface area contributed by atoms with Gasteiger partial charge in [-0.3, -0.25) is 0 Å². The fourth-order valence-electron chi connectivity index (χ4n) is 2.32. The molecule has 1 atom stereocenters. The lowest BCUT2D eigenvalue weighted by atomic mass is 9.97. The first-order chi connectivity index (χ1) is 9.58. The molecule has 0 spiro atoms. The third-order valence-electron chi connectivity index (χ3n) is 3.41. The highest BCUT2D eigenvalue weighted by molar-refractivity contribution is 9.10. The predicted molar refractivity (Wildman–Crippen MR) is 73.1 cm³/mol. The number of halogens is 3. The second-order valence-corrected chi connectivity index (χ2v) is 5.53. The van der Waals surface area contributed by atoms with E-state index < -0.39 is 17.7 Å². The lowest BCUT2D eigenvalue weighted by molar-refractivity contribution is 0.134. The third-order valence-corrected chi connectivity index (χ3v) is 4.03. The van der Waals surface area contributed by atoms with Crippen LogP contribution in [0.3, 0.4) is 0 Å². The van der Waals surface area contributed by atoms with Crippen molar-refractivity contribution in [2.45, 2.75) is 19.3 Å². The Kier molecular flexibility index (Phi) is 3.58. The van der Waals surface area contributed by atoms with Gasteiger partial charge in [-0.2, -0.15) is 0 Å². The van der Waals surface area contributed by atoms with Gasteiger partial charge in [-0.25, -0.2) is 8.78 Å². The van der Waals surface area contributed by atoms with Crippen LogP contribution in [-0.4, -0.2) is 5.11 Å². The first-order valence-corrected chi connectivity index (χ1v) is 6.88. The summed E-state index contributed by atoms with van der Waals surface area (Å²) in [5.41, 5.74) is 2.08.